The van der Waals surface area contributed by atoms with E-state index in [1.165, 1.54) is 25.9 Å². The first-order chi connectivity index (χ1) is 10.1. The van der Waals surface area contributed by atoms with Crippen molar-refractivity contribution >= 4 is 27.5 Å². The van der Waals surface area contributed by atoms with E-state index in [1.54, 1.807) is 0 Å². The summed E-state index contributed by atoms with van der Waals surface area (Å²) in [7, 11) is 0. The summed E-state index contributed by atoms with van der Waals surface area (Å²) in [5.74, 6) is 0.572. The molecule has 0 spiro atoms. The van der Waals surface area contributed by atoms with Crippen molar-refractivity contribution in [3.63, 3.8) is 0 Å². The lowest BCUT2D eigenvalue weighted by molar-refractivity contribution is -0.115. The van der Waals surface area contributed by atoms with Crippen molar-refractivity contribution in [1.82, 2.24) is 10.2 Å². The minimum atomic E-state index is 0.00136. The lowest BCUT2D eigenvalue weighted by Crippen LogP contribution is -2.35. The largest absolute Gasteiger partial charge is 0.325 e. The highest BCUT2D eigenvalue weighted by atomic mass is 79.9. The Balaban J connectivity index is 1.62. The Morgan fingerprint density at radius 3 is 2.86 bits per heavy atom. The minimum absolute atomic E-state index is 0.00136. The average molecular weight is 354 g/mol. The predicted molar refractivity (Wildman–Crippen MR) is 90.5 cm³/mol. The minimum Gasteiger partial charge on any atom is -0.325 e. The van der Waals surface area contributed by atoms with Gasteiger partial charge >= 0.3 is 0 Å². The van der Waals surface area contributed by atoms with E-state index in [-0.39, 0.29) is 5.91 Å². The van der Waals surface area contributed by atoms with Crippen LogP contribution in [0.5, 0.6) is 0 Å². The zero-order chi connectivity index (χ0) is 15.1. The molecule has 1 unspecified atom stereocenters. The van der Waals surface area contributed by atoms with Gasteiger partial charge in [0.1, 0.15) is 0 Å². The van der Waals surface area contributed by atoms with Crippen LogP contribution in [0.4, 0.5) is 5.69 Å². The van der Waals surface area contributed by atoms with Crippen molar-refractivity contribution in [2.75, 3.05) is 38.0 Å². The monoisotopic (exact) mass is 353 g/mol. The highest BCUT2D eigenvalue weighted by Gasteiger charge is 2.14. The highest BCUT2D eigenvalue weighted by molar-refractivity contribution is 9.10. The van der Waals surface area contributed by atoms with Gasteiger partial charge in [0, 0.05) is 16.7 Å². The number of carbonyl (C=O) groups excluding carboxylic acids is 1. The zero-order valence-corrected chi connectivity index (χ0v) is 14.2. The normalized spacial score (nSPS) is 16.9. The molecule has 21 heavy (non-hydrogen) atoms. The van der Waals surface area contributed by atoms with Crippen molar-refractivity contribution in [3.8, 4) is 0 Å². The van der Waals surface area contributed by atoms with Crippen LogP contribution in [0.1, 0.15) is 19.8 Å². The lowest BCUT2D eigenvalue weighted by Gasteiger charge is -2.20. The van der Waals surface area contributed by atoms with Gasteiger partial charge in [-0.2, -0.15) is 0 Å². The quantitative estimate of drug-likeness (QED) is 0.791. The third-order valence-corrected chi connectivity index (χ3v) is 4.15. The van der Waals surface area contributed by atoms with E-state index in [9.17, 15) is 4.79 Å². The Morgan fingerprint density at radius 1 is 1.38 bits per heavy atom. The summed E-state index contributed by atoms with van der Waals surface area (Å²) >= 11 is 3.39. The standard InChI is InChI=1S/C16H24BrN3O/c1-13(12-20-7-2-3-8-20)10-18-11-16(21)19-15-6-4-5-14(17)9-15/h4-6,9,13,18H,2-3,7-8,10-12H2,1H3,(H,19,21). The smallest absolute Gasteiger partial charge is 0.238 e. The van der Waals surface area contributed by atoms with Crippen LogP contribution in [0.25, 0.3) is 0 Å². The second-order valence-corrected chi connectivity index (χ2v) is 6.72. The summed E-state index contributed by atoms with van der Waals surface area (Å²) in [6, 6.07) is 7.63. The van der Waals surface area contributed by atoms with Crippen molar-refractivity contribution in [2.24, 2.45) is 5.92 Å². The molecule has 1 atom stereocenters. The van der Waals surface area contributed by atoms with E-state index < -0.39 is 0 Å². The van der Waals surface area contributed by atoms with Gasteiger partial charge in [-0.05, 0) is 56.6 Å². The third-order valence-electron chi connectivity index (χ3n) is 3.66. The summed E-state index contributed by atoms with van der Waals surface area (Å²) in [6.07, 6.45) is 2.66. The molecule has 1 heterocycles. The molecular formula is C16H24BrN3O. The van der Waals surface area contributed by atoms with Gasteiger partial charge in [0.15, 0.2) is 0 Å². The Morgan fingerprint density at radius 2 is 2.14 bits per heavy atom. The van der Waals surface area contributed by atoms with Crippen molar-refractivity contribution in [1.29, 1.82) is 0 Å². The molecular weight excluding hydrogens is 330 g/mol. The second-order valence-electron chi connectivity index (χ2n) is 5.80. The molecule has 1 aliphatic heterocycles. The Kier molecular flexibility index (Phi) is 6.67. The van der Waals surface area contributed by atoms with Gasteiger partial charge in [0.05, 0.1) is 6.54 Å². The molecule has 0 radical (unpaired) electrons. The predicted octanol–water partition coefficient (Wildman–Crippen LogP) is 2.71. The molecule has 1 aliphatic rings. The summed E-state index contributed by atoms with van der Waals surface area (Å²) in [5, 5.41) is 6.13. The van der Waals surface area contributed by atoms with Gasteiger partial charge in [0.2, 0.25) is 5.91 Å². The van der Waals surface area contributed by atoms with E-state index in [0.717, 1.165) is 23.2 Å². The Labute approximate surface area is 135 Å². The van der Waals surface area contributed by atoms with E-state index in [2.05, 4.69) is 38.4 Å². The summed E-state index contributed by atoms with van der Waals surface area (Å²) in [6.45, 7) is 7.05. The number of amides is 1. The first-order valence-electron chi connectivity index (χ1n) is 7.62. The van der Waals surface area contributed by atoms with Crippen LogP contribution in [0.2, 0.25) is 0 Å². The fourth-order valence-electron chi connectivity index (χ4n) is 2.67. The van der Waals surface area contributed by atoms with E-state index in [1.807, 2.05) is 24.3 Å². The van der Waals surface area contributed by atoms with Crippen molar-refractivity contribution < 1.29 is 4.79 Å². The van der Waals surface area contributed by atoms with Gasteiger partial charge in [-0.3, -0.25) is 4.79 Å². The number of anilines is 1. The van der Waals surface area contributed by atoms with Gasteiger partial charge in [-0.1, -0.05) is 28.9 Å². The number of carbonyl (C=O) groups is 1. The maximum atomic E-state index is 11.9. The van der Waals surface area contributed by atoms with Gasteiger partial charge in [0.25, 0.3) is 0 Å². The van der Waals surface area contributed by atoms with E-state index in [4.69, 9.17) is 0 Å². The Hall–Kier alpha value is -0.910. The average Bonchev–Trinajstić information content (AvgIpc) is 2.91. The third kappa shape index (κ3) is 6.16. The molecule has 1 aromatic carbocycles. The number of rotatable bonds is 7. The number of nitrogens with one attached hydrogen (secondary N) is 2. The molecule has 116 valence electrons. The number of halogens is 1. The van der Waals surface area contributed by atoms with Crippen LogP contribution in [0.3, 0.4) is 0 Å². The number of hydrogen-bond donors (Lipinski definition) is 2. The van der Waals surface area contributed by atoms with Crippen LogP contribution in [0.15, 0.2) is 28.7 Å². The number of benzene rings is 1. The molecule has 1 aromatic rings. The fraction of sp³-hybridized carbons (Fsp3) is 0.562. The topological polar surface area (TPSA) is 44.4 Å². The SMILES string of the molecule is CC(CNCC(=O)Nc1cccc(Br)c1)CN1CCCC1. The number of likely N-dealkylation sites (tertiary alicyclic amines) is 1. The van der Waals surface area contributed by atoms with Gasteiger partial charge in [-0.15, -0.1) is 0 Å². The van der Waals surface area contributed by atoms with Crippen LogP contribution in [-0.2, 0) is 4.79 Å². The maximum Gasteiger partial charge on any atom is 0.238 e. The van der Waals surface area contributed by atoms with Gasteiger partial charge in [-0.25, -0.2) is 0 Å². The Bertz CT molecular complexity index is 461. The second kappa shape index (κ2) is 8.51. The highest BCUT2D eigenvalue weighted by Crippen LogP contribution is 2.15. The summed E-state index contributed by atoms with van der Waals surface area (Å²) in [4.78, 5) is 14.4. The summed E-state index contributed by atoms with van der Waals surface area (Å²) < 4.78 is 0.965. The van der Waals surface area contributed by atoms with Crippen LogP contribution in [0, 0.1) is 5.92 Å². The molecule has 0 bridgehead atoms. The number of hydrogen-bond acceptors (Lipinski definition) is 3. The molecule has 2 N–H and O–H groups in total. The van der Waals surface area contributed by atoms with Crippen molar-refractivity contribution in [3.05, 3.63) is 28.7 Å². The van der Waals surface area contributed by atoms with Gasteiger partial charge < -0.3 is 15.5 Å². The van der Waals surface area contributed by atoms with E-state index in [0.29, 0.717) is 12.5 Å². The molecule has 0 aromatic heterocycles. The van der Waals surface area contributed by atoms with E-state index >= 15 is 0 Å². The maximum absolute atomic E-state index is 11.9. The number of nitrogens with zero attached hydrogens (tertiary/aromatic N) is 1. The molecule has 0 aliphatic carbocycles. The van der Waals surface area contributed by atoms with Crippen LogP contribution >= 0.6 is 15.9 Å². The first-order valence-corrected chi connectivity index (χ1v) is 8.41. The summed E-state index contributed by atoms with van der Waals surface area (Å²) in [5.41, 5.74) is 0.821. The molecule has 1 amide bonds. The molecule has 2 rings (SSSR count). The molecule has 4 nitrogen and oxygen atoms in total. The molecule has 0 saturated carbocycles. The van der Waals surface area contributed by atoms with Crippen molar-refractivity contribution in [2.45, 2.75) is 19.8 Å². The lowest BCUT2D eigenvalue weighted by atomic mass is 10.1. The molecule has 5 heteroatoms. The fourth-order valence-corrected chi connectivity index (χ4v) is 3.07. The molecule has 1 saturated heterocycles. The zero-order valence-electron chi connectivity index (χ0n) is 12.6. The van der Waals surface area contributed by atoms with Crippen LogP contribution < -0.4 is 10.6 Å². The molecule has 1 fully saturated rings. The van der Waals surface area contributed by atoms with Crippen LogP contribution in [-0.4, -0.2) is 43.5 Å². The first kappa shape index (κ1) is 16.5.